The maximum absolute atomic E-state index is 13.5. The van der Waals surface area contributed by atoms with Crippen molar-refractivity contribution in [2.24, 2.45) is 0 Å². The fraction of sp³-hybridized carbons (Fsp3) is 0.286. The molecule has 1 heterocycles. The first kappa shape index (κ1) is 30.0. The van der Waals surface area contributed by atoms with Gasteiger partial charge in [-0.1, -0.05) is 15.9 Å². The SMILES string of the molecule is Cc1cc(Br)cc(C)c1Oc1nc(N(C(=O)OC(C)(C)C)c2ccc(C#N)cc2)nc(/C=C/N(C)C)c1[N+](=O)[O-]. The van der Waals surface area contributed by atoms with E-state index in [1.165, 1.54) is 30.3 Å². The first-order chi connectivity index (χ1) is 18.7. The predicted molar refractivity (Wildman–Crippen MR) is 155 cm³/mol. The van der Waals surface area contributed by atoms with Gasteiger partial charge in [0.2, 0.25) is 5.95 Å². The van der Waals surface area contributed by atoms with Crippen molar-refractivity contribution in [3.8, 4) is 17.7 Å². The average molecular weight is 609 g/mol. The molecule has 40 heavy (non-hydrogen) atoms. The maximum atomic E-state index is 13.5. The number of aryl methyl sites for hydroxylation is 2. The van der Waals surface area contributed by atoms with E-state index in [0.717, 1.165) is 9.37 Å². The number of hydrogen-bond acceptors (Lipinski definition) is 9. The molecule has 208 valence electrons. The molecule has 0 bridgehead atoms. The van der Waals surface area contributed by atoms with Crippen LogP contribution in [0.3, 0.4) is 0 Å². The van der Waals surface area contributed by atoms with E-state index in [2.05, 4.69) is 25.9 Å². The van der Waals surface area contributed by atoms with Crippen molar-refractivity contribution < 1.29 is 19.2 Å². The Balaban J connectivity index is 2.34. The number of amides is 1. The summed E-state index contributed by atoms with van der Waals surface area (Å²) in [5, 5.41) is 21.5. The summed E-state index contributed by atoms with van der Waals surface area (Å²) in [6, 6.07) is 11.8. The molecule has 0 unspecified atom stereocenters. The van der Waals surface area contributed by atoms with Crippen molar-refractivity contribution in [3.05, 3.63) is 79.6 Å². The van der Waals surface area contributed by atoms with Crippen LogP contribution in [-0.2, 0) is 4.74 Å². The minimum atomic E-state index is -0.874. The molecule has 0 fully saturated rings. The van der Waals surface area contributed by atoms with E-state index < -0.39 is 22.3 Å². The molecule has 12 heteroatoms. The van der Waals surface area contributed by atoms with Gasteiger partial charge in [0.15, 0.2) is 5.69 Å². The standard InChI is InChI=1S/C28H29BrN6O5/c1-17-14-20(29)15-18(2)24(17)39-25-23(35(37)38)22(12-13-33(6)7)31-26(32-25)34(27(36)40-28(3,4)5)21-10-8-19(16-30)9-11-21/h8-15H,1-7H3/b13-12+. The third-order valence-corrected chi connectivity index (χ3v) is 5.69. The molecular formula is C28H29BrN6O5. The number of nitro groups is 1. The lowest BCUT2D eigenvalue weighted by Gasteiger charge is -2.26. The minimum Gasteiger partial charge on any atom is -0.443 e. The van der Waals surface area contributed by atoms with Gasteiger partial charge in [-0.3, -0.25) is 10.1 Å². The van der Waals surface area contributed by atoms with Crippen molar-refractivity contribution >= 4 is 45.4 Å². The summed E-state index contributed by atoms with van der Waals surface area (Å²) in [6.07, 6.45) is 2.19. The van der Waals surface area contributed by atoms with Gasteiger partial charge in [-0.25, -0.2) is 14.7 Å². The molecule has 0 saturated carbocycles. The van der Waals surface area contributed by atoms with E-state index in [-0.39, 0.29) is 23.2 Å². The van der Waals surface area contributed by atoms with Gasteiger partial charge in [0.1, 0.15) is 11.4 Å². The fourth-order valence-corrected chi connectivity index (χ4v) is 4.25. The van der Waals surface area contributed by atoms with Crippen molar-refractivity contribution in [3.63, 3.8) is 0 Å². The van der Waals surface area contributed by atoms with Crippen molar-refractivity contribution in [1.29, 1.82) is 5.26 Å². The molecule has 11 nitrogen and oxygen atoms in total. The number of halogens is 1. The molecule has 1 amide bonds. The third-order valence-electron chi connectivity index (χ3n) is 5.23. The second-order valence-corrected chi connectivity index (χ2v) is 11.0. The van der Waals surface area contributed by atoms with Crippen molar-refractivity contribution in [1.82, 2.24) is 14.9 Å². The highest BCUT2D eigenvalue weighted by molar-refractivity contribution is 9.10. The third kappa shape index (κ3) is 7.33. The molecule has 0 saturated heterocycles. The number of carbonyl (C=O) groups is 1. The molecule has 3 aromatic rings. The van der Waals surface area contributed by atoms with Gasteiger partial charge >= 0.3 is 17.7 Å². The molecule has 3 rings (SSSR count). The van der Waals surface area contributed by atoms with Gasteiger partial charge in [-0.05, 0) is 88.2 Å². The van der Waals surface area contributed by atoms with Crippen LogP contribution in [-0.4, -0.2) is 45.6 Å². The van der Waals surface area contributed by atoms with Gasteiger partial charge in [0.05, 0.1) is 22.2 Å². The maximum Gasteiger partial charge on any atom is 0.421 e. The lowest BCUT2D eigenvalue weighted by molar-refractivity contribution is -0.386. The van der Waals surface area contributed by atoms with Gasteiger partial charge < -0.3 is 14.4 Å². The van der Waals surface area contributed by atoms with E-state index in [0.29, 0.717) is 22.4 Å². The zero-order valence-corrected chi connectivity index (χ0v) is 24.8. The zero-order chi connectivity index (χ0) is 29.8. The second kappa shape index (κ2) is 12.1. The highest BCUT2D eigenvalue weighted by Crippen LogP contribution is 2.39. The van der Waals surface area contributed by atoms with Crippen LogP contribution >= 0.6 is 15.9 Å². The Morgan fingerprint density at radius 2 is 1.73 bits per heavy atom. The predicted octanol–water partition coefficient (Wildman–Crippen LogP) is 7.03. The largest absolute Gasteiger partial charge is 0.443 e. The van der Waals surface area contributed by atoms with E-state index in [1.54, 1.807) is 59.8 Å². The van der Waals surface area contributed by atoms with Crippen molar-refractivity contribution in [2.45, 2.75) is 40.2 Å². The first-order valence-electron chi connectivity index (χ1n) is 12.1. The van der Waals surface area contributed by atoms with Gasteiger partial charge in [-0.15, -0.1) is 0 Å². The van der Waals surface area contributed by atoms with E-state index >= 15 is 0 Å². The number of nitrogens with zero attached hydrogens (tertiary/aromatic N) is 6. The molecule has 1 aromatic heterocycles. The van der Waals surface area contributed by atoms with Crippen LogP contribution in [0.4, 0.5) is 22.1 Å². The van der Waals surface area contributed by atoms with Crippen LogP contribution in [0.15, 0.2) is 47.1 Å². The van der Waals surface area contributed by atoms with Crippen LogP contribution in [0.2, 0.25) is 0 Å². The van der Waals surface area contributed by atoms with Gasteiger partial charge in [0, 0.05) is 24.8 Å². The summed E-state index contributed by atoms with van der Waals surface area (Å²) in [4.78, 5) is 36.7. The molecule has 0 aliphatic carbocycles. The smallest absolute Gasteiger partial charge is 0.421 e. The lowest BCUT2D eigenvalue weighted by atomic mass is 10.1. The normalized spacial score (nSPS) is 11.2. The monoisotopic (exact) mass is 608 g/mol. The van der Waals surface area contributed by atoms with Crippen LogP contribution in [0.5, 0.6) is 11.6 Å². The summed E-state index contributed by atoms with van der Waals surface area (Å²) >= 11 is 3.44. The highest BCUT2D eigenvalue weighted by Gasteiger charge is 2.32. The number of anilines is 2. The molecule has 0 aliphatic heterocycles. The van der Waals surface area contributed by atoms with Crippen LogP contribution in [0.25, 0.3) is 6.08 Å². The van der Waals surface area contributed by atoms with Crippen LogP contribution in [0, 0.1) is 35.3 Å². The lowest BCUT2D eigenvalue weighted by Crippen LogP contribution is -2.35. The molecular weight excluding hydrogens is 580 g/mol. The Morgan fingerprint density at radius 1 is 1.12 bits per heavy atom. The topological polar surface area (TPSA) is 135 Å². The molecule has 0 N–H and O–H groups in total. The zero-order valence-electron chi connectivity index (χ0n) is 23.2. The number of carbonyl (C=O) groups excluding carboxylic acids is 1. The number of benzene rings is 2. The Hall–Kier alpha value is -4.50. The molecule has 0 spiro atoms. The Kier molecular flexibility index (Phi) is 9.11. The first-order valence-corrected chi connectivity index (χ1v) is 12.9. The number of hydrogen-bond donors (Lipinski definition) is 0. The summed E-state index contributed by atoms with van der Waals surface area (Å²) in [6.45, 7) is 8.72. The fourth-order valence-electron chi connectivity index (χ4n) is 3.57. The average Bonchev–Trinajstić information content (AvgIpc) is 2.84. The number of ether oxygens (including phenoxy) is 2. The Labute approximate surface area is 240 Å². The van der Waals surface area contributed by atoms with Crippen molar-refractivity contribution in [2.75, 3.05) is 19.0 Å². The Bertz CT molecular complexity index is 1480. The molecule has 0 aliphatic rings. The molecule has 2 aromatic carbocycles. The minimum absolute atomic E-state index is 0.0895. The number of aromatic nitrogens is 2. The van der Waals surface area contributed by atoms with E-state index in [9.17, 15) is 20.2 Å². The summed E-state index contributed by atoms with van der Waals surface area (Å²) in [5.74, 6) is -0.199. The quantitative estimate of drug-likeness (QED) is 0.204. The number of rotatable bonds is 7. The van der Waals surface area contributed by atoms with Gasteiger partial charge in [-0.2, -0.15) is 10.2 Å². The van der Waals surface area contributed by atoms with Crippen LogP contribution < -0.4 is 9.64 Å². The highest BCUT2D eigenvalue weighted by atomic mass is 79.9. The summed E-state index contributed by atoms with van der Waals surface area (Å²) in [5.41, 5.74) is 0.636. The molecule has 0 atom stereocenters. The van der Waals surface area contributed by atoms with E-state index in [1.807, 2.05) is 18.2 Å². The summed E-state index contributed by atoms with van der Waals surface area (Å²) < 4.78 is 12.5. The molecule has 0 radical (unpaired) electrons. The second-order valence-electron chi connectivity index (χ2n) is 10.0. The van der Waals surface area contributed by atoms with E-state index in [4.69, 9.17) is 9.47 Å². The Morgan fingerprint density at radius 3 is 2.23 bits per heavy atom. The summed E-state index contributed by atoms with van der Waals surface area (Å²) in [7, 11) is 3.50. The van der Waals surface area contributed by atoms with Gasteiger partial charge in [0.25, 0.3) is 0 Å². The van der Waals surface area contributed by atoms with Crippen LogP contribution in [0.1, 0.15) is 43.2 Å². The number of nitriles is 1.